The van der Waals surface area contributed by atoms with Crippen LogP contribution in [0.1, 0.15) is 38.4 Å². The summed E-state index contributed by atoms with van der Waals surface area (Å²) in [5.74, 6) is 1.45. The van der Waals surface area contributed by atoms with Gasteiger partial charge < -0.3 is 16.4 Å². The summed E-state index contributed by atoms with van der Waals surface area (Å²) in [4.78, 5) is 19.4. The first-order valence-electron chi connectivity index (χ1n) is 9.44. The number of nitrogens with one attached hydrogen (secondary N) is 3. The average Bonchev–Trinajstić information content (AvgIpc) is 2.68. The van der Waals surface area contributed by atoms with Crippen molar-refractivity contribution >= 4 is 35.4 Å². The lowest BCUT2D eigenvalue weighted by Gasteiger charge is -2.27. The summed E-state index contributed by atoms with van der Waals surface area (Å²) in [6.45, 7) is 3.09. The molecule has 148 valence electrons. The summed E-state index contributed by atoms with van der Waals surface area (Å²) in [5, 5.41) is 14.2. The predicted molar refractivity (Wildman–Crippen MR) is 113 cm³/mol. The van der Waals surface area contributed by atoms with Crippen LogP contribution in [0.5, 0.6) is 0 Å². The van der Waals surface area contributed by atoms with Gasteiger partial charge in [-0.2, -0.15) is 0 Å². The Morgan fingerprint density at radius 3 is 2.75 bits per heavy atom. The van der Waals surface area contributed by atoms with Crippen LogP contribution in [0.4, 0.5) is 11.5 Å². The Morgan fingerprint density at radius 2 is 2.07 bits per heavy atom. The molecule has 0 bridgehead atoms. The molecule has 5 N–H and O–H groups in total. The fourth-order valence-corrected chi connectivity index (χ4v) is 3.70. The van der Waals surface area contributed by atoms with Crippen molar-refractivity contribution < 1.29 is 4.79 Å². The van der Waals surface area contributed by atoms with Gasteiger partial charge in [0.25, 0.3) is 0 Å². The number of carbonyl (C=O) groups is 1. The summed E-state index contributed by atoms with van der Waals surface area (Å²) in [6.07, 6.45) is 5.28. The minimum atomic E-state index is -0.210. The van der Waals surface area contributed by atoms with E-state index in [0.29, 0.717) is 28.7 Å². The van der Waals surface area contributed by atoms with Gasteiger partial charge in [-0.1, -0.05) is 43.5 Å². The average molecular weight is 401 g/mol. The number of halogens is 1. The molecule has 1 aliphatic carbocycles. The van der Waals surface area contributed by atoms with Gasteiger partial charge in [0.2, 0.25) is 6.41 Å². The van der Waals surface area contributed by atoms with Crippen LogP contribution in [0.25, 0.3) is 11.3 Å². The number of amides is 1. The van der Waals surface area contributed by atoms with Crippen LogP contribution in [0.3, 0.4) is 0 Å². The van der Waals surface area contributed by atoms with Crippen molar-refractivity contribution in [2.75, 3.05) is 17.6 Å². The van der Waals surface area contributed by atoms with Crippen molar-refractivity contribution in [3.63, 3.8) is 0 Å². The maximum atomic E-state index is 10.7. The Bertz CT molecular complexity index is 864. The third-order valence-corrected chi connectivity index (χ3v) is 5.40. The quantitative estimate of drug-likeness (QED) is 0.335. The maximum Gasteiger partial charge on any atom is 0.212 e. The largest absolute Gasteiger partial charge is 0.382 e. The molecule has 1 fully saturated rings. The molecule has 1 heterocycles. The molecule has 1 aliphatic rings. The standard InChI is InChI=1S/C20H25ClN6O/c1-12-5-7-13(8-6-12)10-24-17-16(14-3-2-4-15(21)9-14)26-20(27-18(17)22)19(23)25-11-28/h2-4,9,11-13,24H,5-8,10H2,1H3,(H2,22,26,27)(H2,23,25,28)/t12-,13-. The molecule has 0 spiro atoms. The fraction of sp³-hybridized carbons (Fsp3) is 0.400. The molecule has 7 nitrogen and oxygen atoms in total. The highest BCUT2D eigenvalue weighted by Gasteiger charge is 2.21. The number of hydrogen-bond acceptors (Lipinski definition) is 6. The van der Waals surface area contributed by atoms with Gasteiger partial charge in [-0.15, -0.1) is 0 Å². The molecule has 1 aromatic carbocycles. The van der Waals surface area contributed by atoms with Crippen molar-refractivity contribution in [3.05, 3.63) is 35.1 Å². The van der Waals surface area contributed by atoms with E-state index in [4.69, 9.17) is 22.7 Å². The summed E-state index contributed by atoms with van der Waals surface area (Å²) in [5.41, 5.74) is 8.17. The number of nitrogens with zero attached hydrogens (tertiary/aromatic N) is 2. The Balaban J connectivity index is 1.93. The summed E-state index contributed by atoms with van der Waals surface area (Å²) in [6, 6.07) is 7.28. The zero-order chi connectivity index (χ0) is 20.1. The Hall–Kier alpha value is -2.67. The number of carbonyl (C=O) groups excluding carboxylic acids is 1. The van der Waals surface area contributed by atoms with Gasteiger partial charge in [-0.05, 0) is 36.8 Å². The van der Waals surface area contributed by atoms with E-state index in [1.165, 1.54) is 25.7 Å². The number of nitrogen functional groups attached to an aromatic ring is 1. The van der Waals surface area contributed by atoms with Crippen LogP contribution >= 0.6 is 11.6 Å². The lowest BCUT2D eigenvalue weighted by molar-refractivity contribution is -0.108. The van der Waals surface area contributed by atoms with E-state index in [1.807, 2.05) is 12.1 Å². The van der Waals surface area contributed by atoms with E-state index in [0.717, 1.165) is 18.0 Å². The molecule has 8 heteroatoms. The van der Waals surface area contributed by atoms with E-state index in [2.05, 4.69) is 27.5 Å². The molecule has 1 aromatic heterocycles. The molecule has 3 rings (SSSR count). The van der Waals surface area contributed by atoms with Crippen LogP contribution in [-0.4, -0.2) is 28.8 Å². The van der Waals surface area contributed by atoms with E-state index in [9.17, 15) is 4.79 Å². The van der Waals surface area contributed by atoms with E-state index >= 15 is 0 Å². The molecule has 1 saturated carbocycles. The number of aromatic nitrogens is 2. The third kappa shape index (κ3) is 4.78. The van der Waals surface area contributed by atoms with Crippen molar-refractivity contribution in [2.45, 2.75) is 32.6 Å². The van der Waals surface area contributed by atoms with Gasteiger partial charge in [-0.25, -0.2) is 9.97 Å². The second-order valence-electron chi connectivity index (χ2n) is 7.31. The highest BCUT2D eigenvalue weighted by molar-refractivity contribution is 6.30. The Labute approximate surface area is 169 Å². The van der Waals surface area contributed by atoms with Crippen LogP contribution in [-0.2, 0) is 4.79 Å². The first-order valence-corrected chi connectivity index (χ1v) is 9.82. The number of amidine groups is 1. The molecule has 1 amide bonds. The molecule has 0 unspecified atom stereocenters. The Morgan fingerprint density at radius 1 is 1.32 bits per heavy atom. The molecular formula is C20H25ClN6O. The van der Waals surface area contributed by atoms with E-state index in [1.54, 1.807) is 12.1 Å². The fourth-order valence-electron chi connectivity index (χ4n) is 3.51. The smallest absolute Gasteiger partial charge is 0.212 e. The molecule has 0 aliphatic heterocycles. The van der Waals surface area contributed by atoms with Gasteiger partial charge in [0.05, 0.1) is 5.69 Å². The van der Waals surface area contributed by atoms with E-state index in [-0.39, 0.29) is 17.5 Å². The van der Waals surface area contributed by atoms with Crippen molar-refractivity contribution in [1.29, 1.82) is 5.41 Å². The van der Waals surface area contributed by atoms with E-state index < -0.39 is 0 Å². The number of anilines is 2. The minimum absolute atomic E-state index is 0.0524. The number of rotatable bonds is 6. The normalized spacial score (nSPS) is 19.1. The lowest BCUT2D eigenvalue weighted by atomic mass is 9.83. The monoisotopic (exact) mass is 400 g/mol. The SMILES string of the molecule is C[C@H]1CC[C@H](CNc2c(N)nc(C(=N)NC=O)nc2-c2cccc(Cl)c2)CC1. The van der Waals surface area contributed by atoms with Crippen LogP contribution in [0.15, 0.2) is 24.3 Å². The summed E-state index contributed by atoms with van der Waals surface area (Å²) < 4.78 is 0. The van der Waals surface area contributed by atoms with Crippen molar-refractivity contribution in [3.8, 4) is 11.3 Å². The van der Waals surface area contributed by atoms with Gasteiger partial charge in [-0.3, -0.25) is 10.2 Å². The van der Waals surface area contributed by atoms with Gasteiger partial charge in [0, 0.05) is 17.1 Å². The molecule has 0 radical (unpaired) electrons. The topological polar surface area (TPSA) is 117 Å². The predicted octanol–water partition coefficient (Wildman–Crippen LogP) is 3.69. The molecule has 28 heavy (non-hydrogen) atoms. The summed E-state index contributed by atoms with van der Waals surface area (Å²) >= 11 is 6.16. The summed E-state index contributed by atoms with van der Waals surface area (Å²) in [7, 11) is 0. The Kier molecular flexibility index (Phi) is 6.46. The molecule has 0 atom stereocenters. The minimum Gasteiger partial charge on any atom is -0.382 e. The molecule has 2 aromatic rings. The zero-order valence-electron chi connectivity index (χ0n) is 15.8. The second kappa shape index (κ2) is 9.01. The van der Waals surface area contributed by atoms with Gasteiger partial charge >= 0.3 is 0 Å². The highest BCUT2D eigenvalue weighted by atomic mass is 35.5. The van der Waals surface area contributed by atoms with Gasteiger partial charge in [0.15, 0.2) is 17.5 Å². The first-order chi connectivity index (χ1) is 13.5. The molecular weight excluding hydrogens is 376 g/mol. The zero-order valence-corrected chi connectivity index (χ0v) is 16.6. The van der Waals surface area contributed by atoms with Crippen molar-refractivity contribution in [2.24, 2.45) is 11.8 Å². The number of hydrogen-bond donors (Lipinski definition) is 4. The molecule has 0 saturated heterocycles. The van der Waals surface area contributed by atoms with Crippen LogP contribution in [0, 0.1) is 17.2 Å². The number of nitrogens with two attached hydrogens (primary N) is 1. The highest BCUT2D eigenvalue weighted by Crippen LogP contribution is 2.33. The van der Waals surface area contributed by atoms with Gasteiger partial charge in [0.1, 0.15) is 5.69 Å². The van der Waals surface area contributed by atoms with Crippen molar-refractivity contribution in [1.82, 2.24) is 15.3 Å². The van der Waals surface area contributed by atoms with Crippen LogP contribution < -0.4 is 16.4 Å². The second-order valence-corrected chi connectivity index (χ2v) is 7.75. The maximum absolute atomic E-state index is 10.7. The first kappa shape index (κ1) is 20.1. The van der Waals surface area contributed by atoms with Crippen LogP contribution in [0.2, 0.25) is 5.02 Å². The number of benzene rings is 1. The third-order valence-electron chi connectivity index (χ3n) is 5.16. The lowest BCUT2D eigenvalue weighted by Crippen LogP contribution is -2.25.